The molecule has 196 valence electrons. The fourth-order valence-electron chi connectivity index (χ4n) is 1.73. The topological polar surface area (TPSA) is 83.5 Å². The quantitative estimate of drug-likeness (QED) is 0.336. The molecule has 4 N–H and O–H groups in total. The average Bonchev–Trinajstić information content (AvgIpc) is 2.62. The number of alkyl halides is 15. The van der Waals surface area contributed by atoms with Crippen molar-refractivity contribution in [1.82, 2.24) is 0 Å². The first-order valence-electron chi connectivity index (χ1n) is 7.55. The molecule has 0 fully saturated rings. The van der Waals surface area contributed by atoms with Crippen molar-refractivity contribution in [3.63, 3.8) is 0 Å². The number of allylic oxidation sites excluding steroid dienone is 1. The van der Waals surface area contributed by atoms with Gasteiger partial charge < -0.3 is 15.9 Å². The van der Waals surface area contributed by atoms with E-state index in [0.29, 0.717) is 0 Å². The van der Waals surface area contributed by atoms with Crippen molar-refractivity contribution in [2.24, 2.45) is 5.73 Å². The molecule has 1 atom stereocenters. The third-order valence-corrected chi connectivity index (χ3v) is 4.91. The molecule has 0 saturated heterocycles. The highest BCUT2D eigenvalue weighted by Gasteiger charge is 2.93. The Hall–Kier alpha value is -1.57. The largest absolute Gasteiger partial charge is 0.480 e. The first-order valence-corrected chi connectivity index (χ1v) is 8.53. The predicted molar refractivity (Wildman–Crippen MR) is 79.0 cm³/mol. The van der Waals surface area contributed by atoms with E-state index < -0.39 is 88.8 Å². The van der Waals surface area contributed by atoms with Crippen molar-refractivity contribution in [2.75, 3.05) is 12.4 Å². The normalized spacial score (nSPS) is 16.7. The Balaban J connectivity index is 6.61. The third-order valence-electron chi connectivity index (χ3n) is 3.65. The SMILES string of the molecule is N[C@@H](CS/C(=C\CO)C(F)(F)C(F)(F)C(F)(F)C(F)(F)C(F)(F)C(F)(F)C(F)(F)F)C(=O)O. The maximum Gasteiger partial charge on any atom is 0.460 e. The number of rotatable bonds is 11. The zero-order valence-corrected chi connectivity index (χ0v) is 15.8. The van der Waals surface area contributed by atoms with Crippen LogP contribution in [-0.4, -0.2) is 76.3 Å². The summed E-state index contributed by atoms with van der Waals surface area (Å²) < 4.78 is 198. The van der Waals surface area contributed by atoms with E-state index in [4.69, 9.17) is 15.9 Å². The van der Waals surface area contributed by atoms with E-state index >= 15 is 0 Å². The number of aliphatic carboxylic acids is 1. The van der Waals surface area contributed by atoms with E-state index in [1.807, 2.05) is 0 Å². The summed E-state index contributed by atoms with van der Waals surface area (Å²) in [6.45, 7) is -1.75. The number of hydrogen-bond donors (Lipinski definition) is 3. The molecule has 0 aromatic rings. The number of carboxylic acid groups (broad SMARTS) is 1. The zero-order valence-electron chi connectivity index (χ0n) is 15.0. The molecule has 0 aromatic carbocycles. The highest BCUT2D eigenvalue weighted by atomic mass is 32.2. The van der Waals surface area contributed by atoms with Crippen LogP contribution in [-0.2, 0) is 4.79 Å². The summed E-state index contributed by atoms with van der Waals surface area (Å²) >= 11 is -0.868. The highest BCUT2D eigenvalue weighted by Crippen LogP contribution is 2.63. The van der Waals surface area contributed by atoms with Crippen molar-refractivity contribution in [2.45, 2.75) is 47.8 Å². The number of thioether (sulfide) groups is 1. The molecular weight excluding hydrogens is 535 g/mol. The van der Waals surface area contributed by atoms with Crippen molar-refractivity contribution in [3.8, 4) is 0 Å². The van der Waals surface area contributed by atoms with Crippen molar-refractivity contribution < 1.29 is 80.9 Å². The molecule has 0 bridgehead atoms. The minimum absolute atomic E-state index is 0.496. The zero-order chi connectivity index (χ0) is 27.1. The average molecular weight is 545 g/mol. The van der Waals surface area contributed by atoms with Gasteiger partial charge in [0, 0.05) is 5.75 Å². The lowest BCUT2D eigenvalue weighted by molar-refractivity contribution is -0.449. The second kappa shape index (κ2) is 9.23. The number of hydrogen-bond acceptors (Lipinski definition) is 4. The molecule has 20 heteroatoms. The van der Waals surface area contributed by atoms with Crippen LogP contribution in [0.1, 0.15) is 0 Å². The molecular formula is C13H10F15NO3S. The Kier molecular flexibility index (Phi) is 8.79. The lowest BCUT2D eigenvalue weighted by Gasteiger charge is -2.41. The maximum atomic E-state index is 14.0. The summed E-state index contributed by atoms with van der Waals surface area (Å²) in [6, 6.07) is -2.20. The third kappa shape index (κ3) is 4.96. The van der Waals surface area contributed by atoms with Crippen LogP contribution in [0.2, 0.25) is 0 Å². The molecule has 0 amide bonds. The molecule has 0 heterocycles. The van der Waals surface area contributed by atoms with Crippen LogP contribution >= 0.6 is 11.8 Å². The van der Waals surface area contributed by atoms with Gasteiger partial charge in [0.25, 0.3) is 0 Å². The molecule has 0 rings (SSSR count). The smallest absolute Gasteiger partial charge is 0.460 e. The van der Waals surface area contributed by atoms with E-state index in [1.165, 1.54) is 0 Å². The first kappa shape index (κ1) is 31.4. The Bertz CT molecular complexity index is 750. The van der Waals surface area contributed by atoms with Gasteiger partial charge in [0.2, 0.25) is 0 Å². The molecule has 33 heavy (non-hydrogen) atoms. The predicted octanol–water partition coefficient (Wildman–Crippen LogP) is 4.38. The Morgan fingerprint density at radius 3 is 1.45 bits per heavy atom. The Labute approximate surface area is 176 Å². The second-order valence-electron chi connectivity index (χ2n) is 5.95. The molecule has 0 spiro atoms. The summed E-state index contributed by atoms with van der Waals surface area (Å²) in [4.78, 5) is 7.92. The molecule has 4 nitrogen and oxygen atoms in total. The number of carbonyl (C=O) groups is 1. The number of nitrogens with two attached hydrogens (primary N) is 1. The second-order valence-corrected chi connectivity index (χ2v) is 7.01. The number of halogens is 15. The van der Waals surface area contributed by atoms with E-state index in [1.54, 1.807) is 0 Å². The summed E-state index contributed by atoms with van der Waals surface area (Å²) in [6.07, 6.45) is -8.21. The molecule has 0 aliphatic carbocycles. The van der Waals surface area contributed by atoms with Crippen LogP contribution in [0.25, 0.3) is 0 Å². The number of aliphatic hydroxyl groups excluding tert-OH is 1. The monoisotopic (exact) mass is 545 g/mol. The standard InChI is InChI=1S/C13H10F15NO3S/c14-7(15,5(1-2-30)33-3-4(29)6(31)32)8(16,17)9(18,19)10(20,21)11(22,23)12(24,25)13(26,27)28/h1,4,30H,2-3,29H2,(H,31,32)/b5-1-/t4-/m0/s1. The van der Waals surface area contributed by atoms with Gasteiger partial charge in [0.15, 0.2) is 0 Å². The van der Waals surface area contributed by atoms with Crippen LogP contribution in [0.15, 0.2) is 11.0 Å². The maximum absolute atomic E-state index is 14.0. The lowest BCUT2D eigenvalue weighted by Crippen LogP contribution is -2.72. The molecule has 0 aliphatic rings. The van der Waals surface area contributed by atoms with Crippen molar-refractivity contribution >= 4 is 17.7 Å². The summed E-state index contributed by atoms with van der Waals surface area (Å²) in [5.41, 5.74) is 4.81. The molecule has 0 unspecified atom stereocenters. The molecule has 0 radical (unpaired) electrons. The van der Waals surface area contributed by atoms with Gasteiger partial charge in [0.1, 0.15) is 6.04 Å². The van der Waals surface area contributed by atoms with Crippen molar-refractivity contribution in [1.29, 1.82) is 0 Å². The van der Waals surface area contributed by atoms with Gasteiger partial charge >= 0.3 is 47.7 Å². The van der Waals surface area contributed by atoms with Gasteiger partial charge in [-0.15, -0.1) is 11.8 Å². The molecule has 0 aromatic heterocycles. The van der Waals surface area contributed by atoms with Gasteiger partial charge in [-0.1, -0.05) is 0 Å². The minimum atomic E-state index is -8.45. The summed E-state index contributed by atoms with van der Waals surface area (Å²) in [7, 11) is 0. The van der Waals surface area contributed by atoms with Crippen LogP contribution in [0.3, 0.4) is 0 Å². The molecule has 0 saturated carbocycles. The fraction of sp³-hybridized carbons (Fsp3) is 0.769. The van der Waals surface area contributed by atoms with Gasteiger partial charge in [-0.05, 0) is 6.08 Å². The van der Waals surface area contributed by atoms with Gasteiger partial charge in [0.05, 0.1) is 11.5 Å². The number of aliphatic hydroxyl groups is 1. The summed E-state index contributed by atoms with van der Waals surface area (Å²) in [5.74, 6) is -51.1. The fourth-order valence-corrected chi connectivity index (χ4v) is 2.74. The van der Waals surface area contributed by atoms with Crippen LogP contribution in [0.5, 0.6) is 0 Å². The van der Waals surface area contributed by atoms with E-state index in [0.717, 1.165) is 0 Å². The van der Waals surface area contributed by atoms with E-state index in [9.17, 15) is 70.7 Å². The van der Waals surface area contributed by atoms with Crippen LogP contribution < -0.4 is 5.73 Å². The lowest BCUT2D eigenvalue weighted by atomic mass is 9.91. The van der Waals surface area contributed by atoms with E-state index in [2.05, 4.69) is 0 Å². The highest BCUT2D eigenvalue weighted by molar-refractivity contribution is 8.03. The Morgan fingerprint density at radius 2 is 1.12 bits per heavy atom. The van der Waals surface area contributed by atoms with Gasteiger partial charge in [-0.2, -0.15) is 65.9 Å². The van der Waals surface area contributed by atoms with Crippen LogP contribution in [0.4, 0.5) is 65.9 Å². The first-order chi connectivity index (χ1) is 14.3. The van der Waals surface area contributed by atoms with Crippen LogP contribution in [0, 0.1) is 0 Å². The van der Waals surface area contributed by atoms with Crippen molar-refractivity contribution in [3.05, 3.63) is 11.0 Å². The number of carboxylic acids is 1. The minimum Gasteiger partial charge on any atom is -0.480 e. The summed E-state index contributed by atoms with van der Waals surface area (Å²) in [5, 5.41) is 17.0. The molecule has 0 aliphatic heterocycles. The Morgan fingerprint density at radius 1 is 0.758 bits per heavy atom. The van der Waals surface area contributed by atoms with Gasteiger partial charge in [-0.3, -0.25) is 4.79 Å². The van der Waals surface area contributed by atoms with Gasteiger partial charge in [-0.25, -0.2) is 0 Å². The van der Waals surface area contributed by atoms with E-state index in [-0.39, 0.29) is 0 Å².